The molecule has 2 heterocycles. The minimum absolute atomic E-state index is 0.370. The maximum atomic E-state index is 5.51. The molecule has 0 amide bonds. The summed E-state index contributed by atoms with van der Waals surface area (Å²) in [5, 5.41) is 4.63. The molecule has 106 valence electrons. The molecule has 0 radical (unpaired) electrons. The number of thiazole rings is 1. The van der Waals surface area contributed by atoms with Crippen LogP contribution in [-0.2, 0) is 11.2 Å². The Balaban J connectivity index is 1.80. The summed E-state index contributed by atoms with van der Waals surface area (Å²) < 4.78 is 5.51. The van der Waals surface area contributed by atoms with E-state index in [2.05, 4.69) is 17.3 Å². The van der Waals surface area contributed by atoms with Crippen LogP contribution >= 0.6 is 11.3 Å². The molecule has 0 spiro atoms. The van der Waals surface area contributed by atoms with Crippen molar-refractivity contribution in [1.82, 2.24) is 10.3 Å². The topological polar surface area (TPSA) is 37.4 Å². The highest BCUT2D eigenvalue weighted by Gasteiger charge is 2.27. The molecule has 1 aliphatic carbocycles. The van der Waals surface area contributed by atoms with Gasteiger partial charge >= 0.3 is 0 Å². The summed E-state index contributed by atoms with van der Waals surface area (Å²) in [4.78, 5) is 8.76. The van der Waals surface area contributed by atoms with Crippen LogP contribution in [0.25, 0.3) is 0 Å². The molecule has 1 saturated heterocycles. The van der Waals surface area contributed by atoms with Crippen LogP contribution in [0.2, 0.25) is 0 Å². The smallest absolute Gasteiger partial charge is 0.185 e. The fourth-order valence-electron chi connectivity index (χ4n) is 3.12. The first kappa shape index (κ1) is 13.3. The number of anilines is 1. The average molecular weight is 281 g/mol. The van der Waals surface area contributed by atoms with Gasteiger partial charge in [0.25, 0.3) is 0 Å². The molecule has 0 saturated carbocycles. The number of fused-ring (bicyclic) bond motifs is 1. The molecule has 2 unspecified atom stereocenters. The molecule has 1 aromatic rings. The van der Waals surface area contributed by atoms with Gasteiger partial charge < -0.3 is 15.0 Å². The van der Waals surface area contributed by atoms with Gasteiger partial charge in [-0.2, -0.15) is 0 Å². The second kappa shape index (κ2) is 5.77. The molecule has 4 nitrogen and oxygen atoms in total. The van der Waals surface area contributed by atoms with E-state index in [1.807, 2.05) is 18.4 Å². The van der Waals surface area contributed by atoms with E-state index in [-0.39, 0.29) is 0 Å². The largest absolute Gasteiger partial charge is 0.380 e. The molecule has 2 aliphatic rings. The maximum absolute atomic E-state index is 5.51. The summed E-state index contributed by atoms with van der Waals surface area (Å²) in [5.74, 6) is 0. The Hall–Kier alpha value is -0.650. The lowest BCUT2D eigenvalue weighted by Gasteiger charge is -2.31. The molecule has 2 atom stereocenters. The van der Waals surface area contributed by atoms with Crippen LogP contribution < -0.4 is 10.2 Å². The highest BCUT2D eigenvalue weighted by atomic mass is 32.1. The third kappa shape index (κ3) is 2.64. The lowest BCUT2D eigenvalue weighted by molar-refractivity contribution is 0.0893. The van der Waals surface area contributed by atoms with Gasteiger partial charge in [0.15, 0.2) is 5.13 Å². The van der Waals surface area contributed by atoms with Gasteiger partial charge in [-0.3, -0.25) is 0 Å². The molecule has 1 aliphatic heterocycles. The predicted octanol–water partition coefficient (Wildman–Crippen LogP) is 2.36. The number of nitrogens with one attached hydrogen (secondary N) is 1. The zero-order valence-electron chi connectivity index (χ0n) is 11.8. The van der Waals surface area contributed by atoms with Crippen LogP contribution in [0.4, 0.5) is 5.13 Å². The Morgan fingerprint density at radius 3 is 3.05 bits per heavy atom. The number of nitrogens with zero attached hydrogens (tertiary/aromatic N) is 2. The molecular formula is C14H23N3OS. The van der Waals surface area contributed by atoms with E-state index in [9.17, 15) is 0 Å². The van der Waals surface area contributed by atoms with Crippen LogP contribution in [0.5, 0.6) is 0 Å². The van der Waals surface area contributed by atoms with Gasteiger partial charge in [0, 0.05) is 31.1 Å². The standard InChI is InChI=1S/C14H23N3OS/c1-15-11-6-3-7-12-13(11)19-14(16-12)17-8-4-5-10(9-17)18-2/h10-11,15H,3-9H2,1-2H3. The quantitative estimate of drug-likeness (QED) is 0.923. The van der Waals surface area contributed by atoms with Gasteiger partial charge in [-0.25, -0.2) is 4.98 Å². The van der Waals surface area contributed by atoms with Gasteiger partial charge in [-0.05, 0) is 39.2 Å². The normalized spacial score (nSPS) is 27.4. The van der Waals surface area contributed by atoms with Crippen LogP contribution in [0.15, 0.2) is 0 Å². The summed E-state index contributed by atoms with van der Waals surface area (Å²) in [6.07, 6.45) is 6.39. The number of hydrogen-bond donors (Lipinski definition) is 1. The van der Waals surface area contributed by atoms with Crippen LogP contribution in [0.3, 0.4) is 0 Å². The summed E-state index contributed by atoms with van der Waals surface area (Å²) in [6.45, 7) is 2.11. The van der Waals surface area contributed by atoms with Crippen LogP contribution in [-0.4, -0.2) is 38.3 Å². The fraction of sp³-hybridized carbons (Fsp3) is 0.786. The molecule has 19 heavy (non-hydrogen) atoms. The second-order valence-electron chi connectivity index (χ2n) is 5.49. The molecular weight excluding hydrogens is 258 g/mol. The molecule has 3 rings (SSSR count). The zero-order valence-corrected chi connectivity index (χ0v) is 12.6. The van der Waals surface area contributed by atoms with E-state index in [0.29, 0.717) is 12.1 Å². The third-order valence-corrected chi connectivity index (χ3v) is 5.54. The van der Waals surface area contributed by atoms with Crippen molar-refractivity contribution < 1.29 is 4.74 Å². The van der Waals surface area contributed by atoms with Crippen LogP contribution in [0, 0.1) is 0 Å². The lowest BCUT2D eigenvalue weighted by Crippen LogP contribution is -2.39. The van der Waals surface area contributed by atoms with E-state index in [4.69, 9.17) is 9.72 Å². The Bertz CT molecular complexity index is 434. The van der Waals surface area contributed by atoms with E-state index in [1.165, 1.54) is 41.4 Å². The first-order valence-corrected chi connectivity index (χ1v) is 8.08. The van der Waals surface area contributed by atoms with E-state index in [0.717, 1.165) is 19.5 Å². The number of piperidine rings is 1. The minimum Gasteiger partial charge on any atom is -0.380 e. The van der Waals surface area contributed by atoms with E-state index < -0.39 is 0 Å². The van der Waals surface area contributed by atoms with Crippen molar-refractivity contribution in [2.75, 3.05) is 32.1 Å². The first-order valence-electron chi connectivity index (χ1n) is 7.26. The van der Waals surface area contributed by atoms with Crippen molar-refractivity contribution in [1.29, 1.82) is 0 Å². The van der Waals surface area contributed by atoms with Crippen molar-refractivity contribution in [2.24, 2.45) is 0 Å². The van der Waals surface area contributed by atoms with Crippen molar-refractivity contribution in [3.63, 3.8) is 0 Å². The van der Waals surface area contributed by atoms with Gasteiger partial charge in [0.1, 0.15) is 0 Å². The van der Waals surface area contributed by atoms with Gasteiger partial charge in [-0.15, -0.1) is 0 Å². The predicted molar refractivity (Wildman–Crippen MR) is 79.1 cm³/mol. The number of rotatable bonds is 3. The molecule has 0 bridgehead atoms. The van der Waals surface area contributed by atoms with Crippen molar-refractivity contribution >= 4 is 16.5 Å². The Morgan fingerprint density at radius 2 is 2.26 bits per heavy atom. The Kier molecular flexibility index (Phi) is 4.05. The highest BCUT2D eigenvalue weighted by Crippen LogP contribution is 2.38. The summed E-state index contributed by atoms with van der Waals surface area (Å²) in [5.41, 5.74) is 1.32. The van der Waals surface area contributed by atoms with Crippen molar-refractivity contribution in [3.05, 3.63) is 10.6 Å². The lowest BCUT2D eigenvalue weighted by atomic mass is 9.98. The molecule has 1 aromatic heterocycles. The number of ether oxygens (including phenoxy) is 1. The number of methoxy groups -OCH3 is 1. The average Bonchev–Trinajstić information content (AvgIpc) is 2.91. The third-order valence-electron chi connectivity index (χ3n) is 4.27. The second-order valence-corrected chi connectivity index (χ2v) is 6.50. The summed E-state index contributed by atoms with van der Waals surface area (Å²) in [7, 11) is 3.87. The molecule has 5 heteroatoms. The number of hydrogen-bond acceptors (Lipinski definition) is 5. The first-order chi connectivity index (χ1) is 9.31. The highest BCUT2D eigenvalue weighted by molar-refractivity contribution is 7.15. The van der Waals surface area contributed by atoms with E-state index >= 15 is 0 Å². The van der Waals surface area contributed by atoms with Crippen molar-refractivity contribution in [3.8, 4) is 0 Å². The monoisotopic (exact) mass is 281 g/mol. The number of aromatic nitrogens is 1. The maximum Gasteiger partial charge on any atom is 0.185 e. The summed E-state index contributed by atoms with van der Waals surface area (Å²) >= 11 is 1.88. The van der Waals surface area contributed by atoms with E-state index in [1.54, 1.807) is 0 Å². The summed E-state index contributed by atoms with van der Waals surface area (Å²) in [6, 6.07) is 0.512. The molecule has 0 aromatic carbocycles. The van der Waals surface area contributed by atoms with Crippen LogP contribution in [0.1, 0.15) is 42.3 Å². The Labute approximate surface area is 119 Å². The van der Waals surface area contributed by atoms with Crippen molar-refractivity contribution in [2.45, 2.75) is 44.2 Å². The molecule has 1 N–H and O–H groups in total. The fourth-order valence-corrected chi connectivity index (χ4v) is 4.41. The van der Waals surface area contributed by atoms with Gasteiger partial charge in [-0.1, -0.05) is 11.3 Å². The molecule has 1 fully saturated rings. The van der Waals surface area contributed by atoms with Gasteiger partial charge in [0.2, 0.25) is 0 Å². The zero-order chi connectivity index (χ0) is 13.2. The number of aryl methyl sites for hydroxylation is 1. The van der Waals surface area contributed by atoms with Gasteiger partial charge in [0.05, 0.1) is 11.8 Å². The minimum atomic E-state index is 0.370. The SMILES string of the molecule is CNC1CCCc2nc(N3CCCC(OC)C3)sc21. The Morgan fingerprint density at radius 1 is 1.37 bits per heavy atom.